The van der Waals surface area contributed by atoms with E-state index in [1.54, 1.807) is 12.1 Å². The summed E-state index contributed by atoms with van der Waals surface area (Å²) in [4.78, 5) is 15.8. The first-order valence-electron chi connectivity index (χ1n) is 5.88. The van der Waals surface area contributed by atoms with Crippen LogP contribution in [0, 0.1) is 0 Å². The Morgan fingerprint density at radius 3 is 2.48 bits per heavy atom. The van der Waals surface area contributed by atoms with Gasteiger partial charge in [0.05, 0.1) is 5.02 Å². The van der Waals surface area contributed by atoms with Crippen molar-refractivity contribution in [3.8, 4) is 0 Å². The van der Waals surface area contributed by atoms with E-state index < -0.39 is 15.9 Å². The lowest BCUT2D eigenvalue weighted by Crippen LogP contribution is -2.20. The van der Waals surface area contributed by atoms with Crippen LogP contribution in [0.15, 0.2) is 47.6 Å². The van der Waals surface area contributed by atoms with E-state index in [9.17, 15) is 13.2 Å². The number of carbonyl (C=O) groups is 1. The van der Waals surface area contributed by atoms with Crippen molar-refractivity contribution < 1.29 is 13.2 Å². The van der Waals surface area contributed by atoms with E-state index in [1.165, 1.54) is 37.6 Å². The molecule has 0 unspecified atom stereocenters. The van der Waals surface area contributed by atoms with Gasteiger partial charge in [0.25, 0.3) is 5.91 Å². The van der Waals surface area contributed by atoms with E-state index in [0.29, 0.717) is 5.69 Å². The molecule has 1 aromatic heterocycles. The summed E-state index contributed by atoms with van der Waals surface area (Å²) in [6.45, 7) is 0. The van der Waals surface area contributed by atoms with Crippen LogP contribution in [-0.4, -0.2) is 26.4 Å². The number of pyridine rings is 1. The molecule has 0 radical (unpaired) electrons. The van der Waals surface area contributed by atoms with Gasteiger partial charge in [0, 0.05) is 23.6 Å². The third-order valence-corrected chi connectivity index (χ3v) is 4.59. The lowest BCUT2D eigenvalue weighted by atomic mass is 10.2. The molecule has 21 heavy (non-hydrogen) atoms. The maximum atomic E-state index is 12.1. The summed E-state index contributed by atoms with van der Waals surface area (Å²) >= 11 is 5.87. The Hall–Kier alpha value is -1.96. The normalized spacial score (nSPS) is 11.1. The minimum atomic E-state index is -3.73. The monoisotopic (exact) mass is 325 g/mol. The zero-order chi connectivity index (χ0) is 15.5. The second-order valence-corrected chi connectivity index (χ2v) is 6.30. The maximum absolute atomic E-state index is 12.1. The fourth-order valence-electron chi connectivity index (χ4n) is 1.60. The fraction of sp³-hybridized carbons (Fsp3) is 0.0769. The number of carbonyl (C=O) groups excluding carboxylic acids is 1. The molecule has 2 aromatic rings. The van der Waals surface area contributed by atoms with Crippen LogP contribution in [0.25, 0.3) is 0 Å². The summed E-state index contributed by atoms with van der Waals surface area (Å²) in [5, 5.41) is 2.68. The molecule has 0 fully saturated rings. The predicted molar refractivity (Wildman–Crippen MR) is 79.9 cm³/mol. The van der Waals surface area contributed by atoms with Gasteiger partial charge >= 0.3 is 0 Å². The van der Waals surface area contributed by atoms with Gasteiger partial charge in [-0.2, -0.15) is 0 Å². The number of aromatic nitrogens is 1. The number of nitrogens with one attached hydrogen (secondary N) is 2. The number of rotatable bonds is 4. The largest absolute Gasteiger partial charge is 0.322 e. The van der Waals surface area contributed by atoms with Crippen molar-refractivity contribution >= 4 is 33.2 Å². The number of hydrogen-bond acceptors (Lipinski definition) is 4. The molecule has 0 bridgehead atoms. The molecule has 2 rings (SSSR count). The Bertz CT molecular complexity index is 763. The van der Waals surface area contributed by atoms with Gasteiger partial charge in [0.15, 0.2) is 0 Å². The molecule has 6 nitrogen and oxygen atoms in total. The van der Waals surface area contributed by atoms with Gasteiger partial charge in [0.2, 0.25) is 10.0 Å². The number of anilines is 1. The van der Waals surface area contributed by atoms with Gasteiger partial charge in [0.1, 0.15) is 4.90 Å². The van der Waals surface area contributed by atoms with Crippen molar-refractivity contribution in [2.24, 2.45) is 0 Å². The zero-order valence-electron chi connectivity index (χ0n) is 11.0. The van der Waals surface area contributed by atoms with E-state index in [1.807, 2.05) is 0 Å². The first-order valence-corrected chi connectivity index (χ1v) is 7.74. The summed E-state index contributed by atoms with van der Waals surface area (Å²) in [5.74, 6) is -0.439. The van der Waals surface area contributed by atoms with Crippen LogP contribution < -0.4 is 10.0 Å². The van der Waals surface area contributed by atoms with Crippen molar-refractivity contribution in [3.05, 3.63) is 53.3 Å². The first kappa shape index (κ1) is 15.4. The van der Waals surface area contributed by atoms with Gasteiger partial charge in [-0.1, -0.05) is 11.6 Å². The van der Waals surface area contributed by atoms with Gasteiger partial charge < -0.3 is 5.32 Å². The first-order chi connectivity index (χ1) is 9.94. The Morgan fingerprint density at radius 1 is 1.19 bits per heavy atom. The second-order valence-electron chi connectivity index (χ2n) is 4.04. The maximum Gasteiger partial charge on any atom is 0.255 e. The molecule has 0 aliphatic carbocycles. The van der Waals surface area contributed by atoms with Crippen molar-refractivity contribution in [2.75, 3.05) is 12.4 Å². The standard InChI is InChI=1S/C13H12ClN3O3S/c1-15-21(19,20)12-8-9(2-3-11(12)14)13(18)17-10-4-6-16-7-5-10/h2-8,15H,1H3,(H,16,17,18). The Labute approximate surface area is 127 Å². The smallest absolute Gasteiger partial charge is 0.255 e. The number of halogens is 1. The van der Waals surface area contributed by atoms with Crippen LogP contribution in [0.5, 0.6) is 0 Å². The average Bonchev–Trinajstić information content (AvgIpc) is 2.48. The van der Waals surface area contributed by atoms with Gasteiger partial charge in [-0.3, -0.25) is 9.78 Å². The molecule has 2 N–H and O–H groups in total. The molecular weight excluding hydrogens is 314 g/mol. The Balaban J connectivity index is 2.33. The van der Waals surface area contributed by atoms with E-state index in [2.05, 4.69) is 15.0 Å². The van der Waals surface area contributed by atoms with Gasteiger partial charge in [-0.05, 0) is 37.4 Å². The molecule has 1 amide bonds. The van der Waals surface area contributed by atoms with Gasteiger partial charge in [-0.15, -0.1) is 0 Å². The van der Waals surface area contributed by atoms with E-state index in [0.717, 1.165) is 0 Å². The van der Waals surface area contributed by atoms with Crippen LogP contribution in [0.4, 0.5) is 5.69 Å². The summed E-state index contributed by atoms with van der Waals surface area (Å²) in [5.41, 5.74) is 0.744. The number of nitrogens with zero attached hydrogens (tertiary/aromatic N) is 1. The molecule has 0 aliphatic rings. The molecule has 0 saturated carbocycles. The average molecular weight is 326 g/mol. The molecule has 0 aliphatic heterocycles. The van der Waals surface area contributed by atoms with Crippen LogP contribution in [0.3, 0.4) is 0 Å². The SMILES string of the molecule is CNS(=O)(=O)c1cc(C(=O)Nc2ccncc2)ccc1Cl. The number of sulfonamides is 1. The third kappa shape index (κ3) is 3.57. The molecule has 110 valence electrons. The van der Waals surface area contributed by atoms with Crippen molar-refractivity contribution in [2.45, 2.75) is 4.90 Å². The van der Waals surface area contributed by atoms with Crippen molar-refractivity contribution in [1.82, 2.24) is 9.71 Å². The highest BCUT2D eigenvalue weighted by molar-refractivity contribution is 7.89. The van der Waals surface area contributed by atoms with E-state index in [-0.39, 0.29) is 15.5 Å². The fourth-order valence-corrected chi connectivity index (χ4v) is 2.85. The summed E-state index contributed by atoms with van der Waals surface area (Å²) in [6, 6.07) is 7.30. The molecule has 0 atom stereocenters. The highest BCUT2D eigenvalue weighted by Crippen LogP contribution is 2.22. The predicted octanol–water partition coefficient (Wildman–Crippen LogP) is 1.90. The summed E-state index contributed by atoms with van der Waals surface area (Å²) < 4.78 is 25.8. The summed E-state index contributed by atoms with van der Waals surface area (Å²) in [7, 11) is -2.46. The second kappa shape index (κ2) is 6.21. The van der Waals surface area contributed by atoms with Crippen LogP contribution >= 0.6 is 11.6 Å². The Kier molecular flexibility index (Phi) is 4.56. The number of amides is 1. The lowest BCUT2D eigenvalue weighted by Gasteiger charge is -2.08. The highest BCUT2D eigenvalue weighted by Gasteiger charge is 2.18. The third-order valence-electron chi connectivity index (χ3n) is 2.69. The van der Waals surface area contributed by atoms with Gasteiger partial charge in [-0.25, -0.2) is 13.1 Å². The molecular formula is C13H12ClN3O3S. The molecule has 0 spiro atoms. The zero-order valence-corrected chi connectivity index (χ0v) is 12.6. The minimum absolute atomic E-state index is 0.0461. The number of benzene rings is 1. The van der Waals surface area contributed by atoms with E-state index >= 15 is 0 Å². The lowest BCUT2D eigenvalue weighted by molar-refractivity contribution is 0.102. The van der Waals surface area contributed by atoms with Crippen molar-refractivity contribution in [1.29, 1.82) is 0 Å². The van der Waals surface area contributed by atoms with Crippen LogP contribution in [0.2, 0.25) is 5.02 Å². The highest BCUT2D eigenvalue weighted by atomic mass is 35.5. The topological polar surface area (TPSA) is 88.2 Å². The van der Waals surface area contributed by atoms with E-state index in [4.69, 9.17) is 11.6 Å². The molecule has 8 heteroatoms. The van der Waals surface area contributed by atoms with Crippen LogP contribution in [-0.2, 0) is 10.0 Å². The molecule has 1 aromatic carbocycles. The molecule has 1 heterocycles. The summed E-state index contributed by atoms with van der Waals surface area (Å²) in [6.07, 6.45) is 3.07. The number of hydrogen-bond donors (Lipinski definition) is 2. The minimum Gasteiger partial charge on any atom is -0.322 e. The quantitative estimate of drug-likeness (QED) is 0.898. The van der Waals surface area contributed by atoms with Crippen molar-refractivity contribution in [3.63, 3.8) is 0 Å². The van der Waals surface area contributed by atoms with Crippen LogP contribution in [0.1, 0.15) is 10.4 Å². The Morgan fingerprint density at radius 2 is 1.86 bits per heavy atom. The molecule has 0 saturated heterocycles.